The third-order valence-electron chi connectivity index (χ3n) is 2.80. The predicted octanol–water partition coefficient (Wildman–Crippen LogP) is 3.68. The lowest BCUT2D eigenvalue weighted by Crippen LogP contribution is -2.35. The van der Waals surface area contributed by atoms with Crippen LogP contribution in [-0.2, 0) is 6.42 Å². The van der Waals surface area contributed by atoms with Crippen LogP contribution < -0.4 is 4.57 Å². The van der Waals surface area contributed by atoms with Gasteiger partial charge in [0.1, 0.15) is 0 Å². The molecular formula is C14H24N+. The van der Waals surface area contributed by atoms with Gasteiger partial charge in [0.15, 0.2) is 18.4 Å². The molecular weight excluding hydrogens is 182 g/mol. The number of nitrogens with zero attached hydrogens (tertiary/aromatic N) is 1. The summed E-state index contributed by atoms with van der Waals surface area (Å²) in [6.45, 7) is 6.71. The summed E-state index contributed by atoms with van der Waals surface area (Å²) in [7, 11) is 0. The van der Waals surface area contributed by atoms with Crippen molar-refractivity contribution >= 4 is 0 Å². The summed E-state index contributed by atoms with van der Waals surface area (Å²) in [4.78, 5) is 0. The topological polar surface area (TPSA) is 3.88 Å². The predicted molar refractivity (Wildman–Crippen MR) is 64.9 cm³/mol. The van der Waals surface area contributed by atoms with Crippen molar-refractivity contribution in [3.05, 3.63) is 30.1 Å². The lowest BCUT2D eigenvalue weighted by atomic mass is 10.1. The van der Waals surface area contributed by atoms with Gasteiger partial charge in [-0.1, -0.05) is 26.2 Å². The molecule has 0 saturated carbocycles. The minimum Gasteiger partial charge on any atom is -0.203 e. The van der Waals surface area contributed by atoms with Crippen LogP contribution in [0.15, 0.2) is 24.5 Å². The fourth-order valence-corrected chi connectivity index (χ4v) is 1.77. The van der Waals surface area contributed by atoms with Gasteiger partial charge in [-0.15, -0.1) is 0 Å². The van der Waals surface area contributed by atoms with Gasteiger partial charge < -0.3 is 0 Å². The molecule has 1 nitrogen and oxygen atoms in total. The molecule has 0 aromatic carbocycles. The molecule has 0 radical (unpaired) electrons. The summed E-state index contributed by atoms with van der Waals surface area (Å²) in [5, 5.41) is 0. The second-order valence-corrected chi connectivity index (χ2v) is 4.56. The smallest absolute Gasteiger partial charge is 0.172 e. The molecule has 0 aliphatic carbocycles. The highest BCUT2D eigenvalue weighted by atomic mass is 15.0. The molecule has 1 heterocycles. The van der Waals surface area contributed by atoms with Crippen LogP contribution in [0.1, 0.15) is 58.1 Å². The molecule has 0 fully saturated rings. The van der Waals surface area contributed by atoms with Crippen LogP contribution >= 0.6 is 0 Å². The molecule has 0 amide bonds. The Morgan fingerprint density at radius 3 is 2.67 bits per heavy atom. The van der Waals surface area contributed by atoms with Gasteiger partial charge >= 0.3 is 0 Å². The van der Waals surface area contributed by atoms with E-state index in [0.29, 0.717) is 6.04 Å². The summed E-state index contributed by atoms with van der Waals surface area (Å²) in [5.41, 5.74) is 1.47. The van der Waals surface area contributed by atoms with E-state index in [-0.39, 0.29) is 0 Å². The van der Waals surface area contributed by atoms with Crippen LogP contribution in [0.5, 0.6) is 0 Å². The molecule has 0 aliphatic heterocycles. The van der Waals surface area contributed by atoms with E-state index >= 15 is 0 Å². The lowest BCUT2D eigenvalue weighted by Gasteiger charge is -2.03. The molecule has 0 aliphatic rings. The van der Waals surface area contributed by atoms with Crippen molar-refractivity contribution in [2.75, 3.05) is 0 Å². The minimum absolute atomic E-state index is 0.570. The number of hydrogen-bond donors (Lipinski definition) is 0. The fraction of sp³-hybridized carbons (Fsp3) is 0.643. The largest absolute Gasteiger partial charge is 0.203 e. The Hall–Kier alpha value is -0.850. The Kier molecular flexibility index (Phi) is 5.38. The molecule has 0 N–H and O–H groups in total. The molecule has 1 aromatic heterocycles. The first kappa shape index (κ1) is 12.2. The number of pyridine rings is 1. The first-order valence-electron chi connectivity index (χ1n) is 6.23. The molecule has 15 heavy (non-hydrogen) atoms. The summed E-state index contributed by atoms with van der Waals surface area (Å²) in [5.74, 6) is 0. The van der Waals surface area contributed by atoms with Crippen molar-refractivity contribution in [3.8, 4) is 0 Å². The van der Waals surface area contributed by atoms with E-state index in [1.165, 1.54) is 37.7 Å². The van der Waals surface area contributed by atoms with Gasteiger partial charge in [-0.2, -0.15) is 0 Å². The van der Waals surface area contributed by atoms with E-state index in [1.807, 2.05) is 0 Å². The van der Waals surface area contributed by atoms with Gasteiger partial charge in [-0.25, -0.2) is 4.57 Å². The van der Waals surface area contributed by atoms with E-state index < -0.39 is 0 Å². The minimum atomic E-state index is 0.570. The Labute approximate surface area is 94.1 Å². The third-order valence-corrected chi connectivity index (χ3v) is 2.80. The normalized spacial score (nSPS) is 10.9. The zero-order valence-corrected chi connectivity index (χ0v) is 10.4. The number of aryl methyl sites for hydroxylation is 1. The Balaban J connectivity index is 2.43. The number of aromatic nitrogens is 1. The summed E-state index contributed by atoms with van der Waals surface area (Å²) in [6, 6.07) is 4.97. The van der Waals surface area contributed by atoms with Crippen molar-refractivity contribution in [1.82, 2.24) is 0 Å². The van der Waals surface area contributed by atoms with Crippen molar-refractivity contribution in [3.63, 3.8) is 0 Å². The van der Waals surface area contributed by atoms with Crippen molar-refractivity contribution < 1.29 is 4.57 Å². The maximum absolute atomic E-state index is 2.29. The highest BCUT2D eigenvalue weighted by Crippen LogP contribution is 2.06. The molecule has 0 saturated heterocycles. The fourth-order valence-electron chi connectivity index (χ4n) is 1.77. The first-order chi connectivity index (χ1) is 7.24. The number of rotatable bonds is 6. The molecule has 0 spiro atoms. The highest BCUT2D eigenvalue weighted by Gasteiger charge is 2.05. The lowest BCUT2D eigenvalue weighted by molar-refractivity contribution is -0.716. The van der Waals surface area contributed by atoms with Gasteiger partial charge in [-0.05, 0) is 32.8 Å². The van der Waals surface area contributed by atoms with Crippen molar-refractivity contribution in [1.29, 1.82) is 0 Å². The molecule has 1 heteroatoms. The maximum Gasteiger partial charge on any atom is 0.172 e. The summed E-state index contributed by atoms with van der Waals surface area (Å²) >= 11 is 0. The standard InChI is InChI=1S/C14H24N/c1-4-5-6-7-9-14-10-8-11-15(12-14)13(2)3/h8,10-13H,4-7,9H2,1-3H3/q+1. The SMILES string of the molecule is CCCCCCc1ccc[n+](C(C)C)c1. The van der Waals surface area contributed by atoms with E-state index in [2.05, 4.69) is 49.9 Å². The Morgan fingerprint density at radius 1 is 1.20 bits per heavy atom. The van der Waals surface area contributed by atoms with Gasteiger partial charge in [0.25, 0.3) is 0 Å². The first-order valence-corrected chi connectivity index (χ1v) is 6.23. The molecule has 84 valence electrons. The van der Waals surface area contributed by atoms with E-state index in [9.17, 15) is 0 Å². The van der Waals surface area contributed by atoms with E-state index in [4.69, 9.17) is 0 Å². The Bertz CT molecular complexity index is 278. The quantitative estimate of drug-likeness (QED) is 0.494. The van der Waals surface area contributed by atoms with Gasteiger partial charge in [0, 0.05) is 11.6 Å². The zero-order chi connectivity index (χ0) is 11.1. The summed E-state index contributed by atoms with van der Waals surface area (Å²) in [6.07, 6.45) is 11.1. The Morgan fingerprint density at radius 2 is 2.00 bits per heavy atom. The van der Waals surface area contributed by atoms with Crippen LogP contribution in [0.3, 0.4) is 0 Å². The maximum atomic E-state index is 2.29. The van der Waals surface area contributed by atoms with Crippen LogP contribution in [0.4, 0.5) is 0 Å². The van der Waals surface area contributed by atoms with Gasteiger partial charge in [0.2, 0.25) is 0 Å². The number of hydrogen-bond acceptors (Lipinski definition) is 0. The summed E-state index contributed by atoms with van der Waals surface area (Å²) < 4.78 is 2.29. The monoisotopic (exact) mass is 206 g/mol. The average Bonchev–Trinajstić information content (AvgIpc) is 2.25. The van der Waals surface area contributed by atoms with Crippen LogP contribution in [-0.4, -0.2) is 0 Å². The van der Waals surface area contributed by atoms with Crippen molar-refractivity contribution in [2.24, 2.45) is 0 Å². The highest BCUT2D eigenvalue weighted by molar-refractivity contribution is 5.05. The van der Waals surface area contributed by atoms with E-state index in [0.717, 1.165) is 0 Å². The van der Waals surface area contributed by atoms with Crippen LogP contribution in [0.25, 0.3) is 0 Å². The van der Waals surface area contributed by atoms with Gasteiger partial charge in [0.05, 0.1) is 0 Å². The molecule has 0 atom stereocenters. The molecule has 0 unspecified atom stereocenters. The van der Waals surface area contributed by atoms with E-state index in [1.54, 1.807) is 0 Å². The average molecular weight is 206 g/mol. The van der Waals surface area contributed by atoms with Gasteiger partial charge in [-0.3, -0.25) is 0 Å². The molecule has 1 rings (SSSR count). The zero-order valence-electron chi connectivity index (χ0n) is 10.4. The van der Waals surface area contributed by atoms with Crippen molar-refractivity contribution in [2.45, 2.75) is 58.9 Å². The third kappa shape index (κ3) is 4.46. The second kappa shape index (κ2) is 6.60. The second-order valence-electron chi connectivity index (χ2n) is 4.56. The molecule has 0 bridgehead atoms. The molecule has 1 aromatic rings. The number of unbranched alkanes of at least 4 members (excludes halogenated alkanes) is 3. The van der Waals surface area contributed by atoms with Crippen LogP contribution in [0, 0.1) is 0 Å². The van der Waals surface area contributed by atoms with Crippen LogP contribution in [0.2, 0.25) is 0 Å².